The van der Waals surface area contributed by atoms with Crippen molar-refractivity contribution in [1.29, 1.82) is 0 Å². The highest BCUT2D eigenvalue weighted by atomic mass is 16.4. The maximum Gasteiger partial charge on any atom is 0.337 e. The number of carboxylic acid groups (broad SMARTS) is 1. The Morgan fingerprint density at radius 2 is 1.72 bits per heavy atom. The summed E-state index contributed by atoms with van der Waals surface area (Å²) in [6, 6.07) is 16.5. The maximum atomic E-state index is 13.1. The number of nitrogens with zero attached hydrogens (tertiary/aromatic N) is 1. The Labute approximate surface area is 167 Å². The summed E-state index contributed by atoms with van der Waals surface area (Å²) in [5, 5.41) is 13.4. The number of aromatic nitrogens is 2. The normalized spacial score (nSPS) is 11.0. The molecule has 0 fully saturated rings. The van der Waals surface area contributed by atoms with Gasteiger partial charge in [-0.05, 0) is 63.2 Å². The van der Waals surface area contributed by atoms with Gasteiger partial charge in [-0.2, -0.15) is 0 Å². The number of benzene rings is 2. The fourth-order valence-electron chi connectivity index (χ4n) is 3.76. The molecule has 6 nitrogen and oxygen atoms in total. The summed E-state index contributed by atoms with van der Waals surface area (Å²) < 4.78 is 1.80. The van der Waals surface area contributed by atoms with Crippen molar-refractivity contribution in [3.05, 3.63) is 82.8 Å². The van der Waals surface area contributed by atoms with Crippen LogP contribution in [0.3, 0.4) is 0 Å². The van der Waals surface area contributed by atoms with Gasteiger partial charge in [-0.1, -0.05) is 12.1 Å². The van der Waals surface area contributed by atoms with E-state index in [1.165, 1.54) is 0 Å². The van der Waals surface area contributed by atoms with E-state index in [1.54, 1.807) is 29.7 Å². The number of carbonyl (C=O) groups is 2. The zero-order valence-corrected chi connectivity index (χ0v) is 16.4. The molecule has 4 aromatic rings. The third-order valence-electron chi connectivity index (χ3n) is 5.06. The molecule has 6 heteroatoms. The van der Waals surface area contributed by atoms with Gasteiger partial charge < -0.3 is 20.0 Å². The first kappa shape index (κ1) is 18.6. The quantitative estimate of drug-likeness (QED) is 0.468. The van der Waals surface area contributed by atoms with Crippen molar-refractivity contribution in [2.75, 3.05) is 5.32 Å². The van der Waals surface area contributed by atoms with E-state index in [1.807, 2.05) is 50.2 Å². The van der Waals surface area contributed by atoms with Crippen molar-refractivity contribution in [1.82, 2.24) is 9.55 Å². The summed E-state index contributed by atoms with van der Waals surface area (Å²) in [5.41, 5.74) is 5.45. The van der Waals surface area contributed by atoms with Crippen LogP contribution in [0.25, 0.3) is 16.6 Å². The van der Waals surface area contributed by atoms with E-state index in [9.17, 15) is 14.7 Å². The average molecular weight is 387 g/mol. The van der Waals surface area contributed by atoms with Crippen LogP contribution in [0, 0.1) is 20.8 Å². The molecule has 0 saturated carbocycles. The molecule has 0 aliphatic carbocycles. The summed E-state index contributed by atoms with van der Waals surface area (Å²) in [7, 11) is 0. The SMILES string of the molecule is Cc1cc2cc(NC(=O)c3ccccc3-n3c(C)cc(C(=O)O)c3C)ccc2[nH]1. The van der Waals surface area contributed by atoms with Crippen molar-refractivity contribution < 1.29 is 14.7 Å². The number of nitrogens with one attached hydrogen (secondary N) is 2. The second-order valence-corrected chi connectivity index (χ2v) is 7.15. The van der Waals surface area contributed by atoms with Crippen LogP contribution in [0.5, 0.6) is 0 Å². The van der Waals surface area contributed by atoms with Gasteiger partial charge in [0.25, 0.3) is 5.91 Å². The molecule has 0 saturated heterocycles. The van der Waals surface area contributed by atoms with Crippen LogP contribution in [-0.4, -0.2) is 26.5 Å². The second-order valence-electron chi connectivity index (χ2n) is 7.15. The molecule has 2 heterocycles. The number of anilines is 1. The van der Waals surface area contributed by atoms with Gasteiger partial charge in [-0.3, -0.25) is 4.79 Å². The Kier molecular flexibility index (Phi) is 4.47. The third-order valence-corrected chi connectivity index (χ3v) is 5.06. The van der Waals surface area contributed by atoms with E-state index in [-0.39, 0.29) is 11.5 Å². The summed E-state index contributed by atoms with van der Waals surface area (Å²) >= 11 is 0. The predicted molar refractivity (Wildman–Crippen MR) is 113 cm³/mol. The van der Waals surface area contributed by atoms with Crippen LogP contribution in [0.4, 0.5) is 5.69 Å². The molecule has 4 rings (SSSR count). The standard InChI is InChI=1S/C23H21N3O3/c1-13-10-16-12-17(8-9-20(16)24-13)25-22(27)18-6-4-5-7-21(18)26-14(2)11-19(15(26)3)23(28)29/h4-12,24H,1-3H3,(H,25,27)(H,28,29). The molecule has 0 bridgehead atoms. The van der Waals surface area contributed by atoms with Crippen molar-refractivity contribution in [2.24, 2.45) is 0 Å². The lowest BCUT2D eigenvalue weighted by Gasteiger charge is -2.15. The predicted octanol–water partition coefficient (Wildman–Crippen LogP) is 4.83. The number of hydrogen-bond donors (Lipinski definition) is 3. The van der Waals surface area contributed by atoms with E-state index < -0.39 is 5.97 Å². The minimum atomic E-state index is -0.985. The van der Waals surface area contributed by atoms with E-state index in [0.717, 1.165) is 22.3 Å². The third kappa shape index (κ3) is 3.29. The van der Waals surface area contributed by atoms with E-state index in [0.29, 0.717) is 22.6 Å². The van der Waals surface area contributed by atoms with Crippen molar-refractivity contribution in [3.63, 3.8) is 0 Å². The fraction of sp³-hybridized carbons (Fsp3) is 0.130. The zero-order chi connectivity index (χ0) is 20.7. The number of para-hydroxylation sites is 1. The Balaban J connectivity index is 1.73. The number of aryl methyl sites for hydroxylation is 2. The number of H-pyrrole nitrogens is 1. The Morgan fingerprint density at radius 1 is 0.966 bits per heavy atom. The molecule has 0 aliphatic heterocycles. The summed E-state index contributed by atoms with van der Waals surface area (Å²) in [6.07, 6.45) is 0. The van der Waals surface area contributed by atoms with E-state index in [4.69, 9.17) is 0 Å². The van der Waals surface area contributed by atoms with Crippen LogP contribution in [0.2, 0.25) is 0 Å². The van der Waals surface area contributed by atoms with Crippen molar-refractivity contribution >= 4 is 28.5 Å². The molecule has 0 spiro atoms. The number of aromatic amines is 1. The molecule has 1 amide bonds. The van der Waals surface area contributed by atoms with Crippen LogP contribution in [0.1, 0.15) is 37.8 Å². The first-order chi connectivity index (χ1) is 13.8. The topological polar surface area (TPSA) is 87.1 Å². The summed E-state index contributed by atoms with van der Waals surface area (Å²) in [6.45, 7) is 5.56. The minimum absolute atomic E-state index is 0.228. The van der Waals surface area contributed by atoms with Gasteiger partial charge in [0, 0.05) is 33.7 Å². The van der Waals surface area contributed by atoms with E-state index in [2.05, 4.69) is 10.3 Å². The number of carbonyl (C=O) groups excluding carboxylic acids is 1. The first-order valence-corrected chi connectivity index (χ1v) is 9.27. The fourth-order valence-corrected chi connectivity index (χ4v) is 3.76. The lowest BCUT2D eigenvalue weighted by atomic mass is 10.1. The van der Waals surface area contributed by atoms with Gasteiger partial charge in [0.1, 0.15) is 0 Å². The second kappa shape index (κ2) is 6.98. The van der Waals surface area contributed by atoms with Gasteiger partial charge in [0.05, 0.1) is 16.8 Å². The molecule has 2 aromatic heterocycles. The number of hydrogen-bond acceptors (Lipinski definition) is 2. The first-order valence-electron chi connectivity index (χ1n) is 9.27. The number of fused-ring (bicyclic) bond motifs is 1. The Bertz CT molecular complexity index is 1260. The van der Waals surface area contributed by atoms with Crippen LogP contribution >= 0.6 is 0 Å². The molecule has 0 radical (unpaired) electrons. The van der Waals surface area contributed by atoms with Crippen molar-refractivity contribution in [3.8, 4) is 5.69 Å². The molecule has 0 aliphatic rings. The lowest BCUT2D eigenvalue weighted by molar-refractivity contribution is 0.0696. The van der Waals surface area contributed by atoms with Gasteiger partial charge in [0.2, 0.25) is 0 Å². The smallest absolute Gasteiger partial charge is 0.337 e. The van der Waals surface area contributed by atoms with Gasteiger partial charge in [-0.15, -0.1) is 0 Å². The highest BCUT2D eigenvalue weighted by molar-refractivity contribution is 6.07. The molecule has 0 atom stereocenters. The molecule has 146 valence electrons. The Morgan fingerprint density at radius 3 is 2.45 bits per heavy atom. The zero-order valence-electron chi connectivity index (χ0n) is 16.4. The monoisotopic (exact) mass is 387 g/mol. The molecule has 29 heavy (non-hydrogen) atoms. The summed E-state index contributed by atoms with van der Waals surface area (Å²) in [5.74, 6) is -1.24. The van der Waals surface area contributed by atoms with Crippen LogP contribution in [-0.2, 0) is 0 Å². The largest absolute Gasteiger partial charge is 0.478 e. The number of carboxylic acids is 1. The highest BCUT2D eigenvalue weighted by Gasteiger charge is 2.20. The lowest BCUT2D eigenvalue weighted by Crippen LogP contribution is -2.16. The van der Waals surface area contributed by atoms with Gasteiger partial charge in [0.15, 0.2) is 0 Å². The number of aromatic carboxylic acids is 1. The number of rotatable bonds is 4. The van der Waals surface area contributed by atoms with Gasteiger partial charge >= 0.3 is 5.97 Å². The molecular formula is C23H21N3O3. The number of amides is 1. The Hall–Kier alpha value is -3.80. The van der Waals surface area contributed by atoms with Crippen molar-refractivity contribution in [2.45, 2.75) is 20.8 Å². The maximum absolute atomic E-state index is 13.1. The molecule has 3 N–H and O–H groups in total. The molecular weight excluding hydrogens is 366 g/mol. The minimum Gasteiger partial charge on any atom is -0.478 e. The molecule has 2 aromatic carbocycles. The highest BCUT2D eigenvalue weighted by Crippen LogP contribution is 2.25. The van der Waals surface area contributed by atoms with Crippen LogP contribution < -0.4 is 5.32 Å². The van der Waals surface area contributed by atoms with Crippen LogP contribution in [0.15, 0.2) is 54.6 Å². The van der Waals surface area contributed by atoms with Gasteiger partial charge in [-0.25, -0.2) is 4.79 Å². The molecule has 0 unspecified atom stereocenters. The van der Waals surface area contributed by atoms with E-state index >= 15 is 0 Å². The summed E-state index contributed by atoms with van der Waals surface area (Å²) in [4.78, 5) is 27.8. The average Bonchev–Trinajstić information content (AvgIpc) is 3.19.